The molecule has 4 nitrogen and oxygen atoms in total. The lowest BCUT2D eigenvalue weighted by molar-refractivity contribution is 0.336. The van der Waals surface area contributed by atoms with Crippen LogP contribution < -0.4 is 5.32 Å². The Morgan fingerprint density at radius 2 is 2.05 bits per heavy atom. The molecule has 0 amide bonds. The minimum absolute atomic E-state index is 0.0128. The highest BCUT2D eigenvalue weighted by atomic mass is 19.1. The number of aromatic nitrogens is 2. The summed E-state index contributed by atoms with van der Waals surface area (Å²) in [5, 5.41) is 7.18. The summed E-state index contributed by atoms with van der Waals surface area (Å²) in [7, 11) is 0. The molecule has 0 atom stereocenters. The van der Waals surface area contributed by atoms with Crippen LogP contribution in [-0.4, -0.2) is 15.7 Å². The summed E-state index contributed by atoms with van der Waals surface area (Å²) in [6.07, 6.45) is 0. The monoisotopic (exact) mass is 263 g/mol. The first-order chi connectivity index (χ1) is 8.85. The second-order valence-corrected chi connectivity index (χ2v) is 5.58. The number of rotatable bonds is 3. The van der Waals surface area contributed by atoms with Gasteiger partial charge >= 0.3 is 0 Å². The first kappa shape index (κ1) is 13.7. The van der Waals surface area contributed by atoms with E-state index in [9.17, 15) is 4.39 Å². The van der Waals surface area contributed by atoms with Gasteiger partial charge in [0.15, 0.2) is 0 Å². The van der Waals surface area contributed by atoms with Gasteiger partial charge in [0.25, 0.3) is 0 Å². The molecule has 0 unspecified atom stereocenters. The Hall–Kier alpha value is -1.75. The van der Waals surface area contributed by atoms with Crippen molar-refractivity contribution in [2.24, 2.45) is 0 Å². The fourth-order valence-corrected chi connectivity index (χ4v) is 1.57. The molecule has 0 saturated carbocycles. The number of aryl methyl sites for hydroxylation is 1. The predicted molar refractivity (Wildman–Crippen MR) is 71.0 cm³/mol. The molecule has 2 aromatic rings. The van der Waals surface area contributed by atoms with Gasteiger partial charge in [-0.25, -0.2) is 4.39 Å². The molecule has 102 valence electrons. The van der Waals surface area contributed by atoms with Crippen LogP contribution in [0, 0.1) is 12.7 Å². The van der Waals surface area contributed by atoms with Crippen LogP contribution in [0.4, 0.5) is 4.39 Å². The summed E-state index contributed by atoms with van der Waals surface area (Å²) in [5.41, 5.74) is 1.31. The fourth-order valence-electron chi connectivity index (χ4n) is 1.57. The van der Waals surface area contributed by atoms with E-state index in [4.69, 9.17) is 4.52 Å². The molecule has 5 heteroatoms. The average molecular weight is 263 g/mol. The van der Waals surface area contributed by atoms with E-state index in [0.29, 0.717) is 23.8 Å². The quantitative estimate of drug-likeness (QED) is 0.924. The van der Waals surface area contributed by atoms with Crippen molar-refractivity contribution in [3.63, 3.8) is 0 Å². The van der Waals surface area contributed by atoms with E-state index < -0.39 is 0 Å². The van der Waals surface area contributed by atoms with Gasteiger partial charge in [0.05, 0.1) is 6.54 Å². The van der Waals surface area contributed by atoms with Crippen molar-refractivity contribution in [2.45, 2.75) is 39.8 Å². The van der Waals surface area contributed by atoms with E-state index in [0.717, 1.165) is 5.56 Å². The standard InChI is InChI=1S/C14H18FN3O/c1-9-7-10(5-6-11(9)15)13-17-12(19-18-13)8-16-14(2,3)4/h5-7,16H,8H2,1-4H3. The molecule has 1 aromatic heterocycles. The Labute approximate surface area is 112 Å². The van der Waals surface area contributed by atoms with Gasteiger partial charge in [0, 0.05) is 11.1 Å². The first-order valence-corrected chi connectivity index (χ1v) is 6.19. The van der Waals surface area contributed by atoms with Crippen LogP contribution in [0.1, 0.15) is 32.2 Å². The molecular formula is C14H18FN3O. The molecule has 0 fully saturated rings. The topological polar surface area (TPSA) is 51.0 Å². The second-order valence-electron chi connectivity index (χ2n) is 5.58. The summed E-state index contributed by atoms with van der Waals surface area (Å²) in [6, 6.07) is 4.77. The van der Waals surface area contributed by atoms with E-state index in [1.807, 2.05) is 0 Å². The van der Waals surface area contributed by atoms with Crippen LogP contribution in [-0.2, 0) is 6.54 Å². The van der Waals surface area contributed by atoms with Gasteiger partial charge in [0.1, 0.15) is 5.82 Å². The maximum absolute atomic E-state index is 13.2. The van der Waals surface area contributed by atoms with Gasteiger partial charge in [-0.3, -0.25) is 0 Å². The van der Waals surface area contributed by atoms with Crippen molar-refractivity contribution in [3.8, 4) is 11.4 Å². The third kappa shape index (κ3) is 3.61. The number of hydrogen-bond acceptors (Lipinski definition) is 4. The second kappa shape index (κ2) is 5.09. The van der Waals surface area contributed by atoms with Crippen molar-refractivity contribution in [1.82, 2.24) is 15.5 Å². The van der Waals surface area contributed by atoms with E-state index in [1.54, 1.807) is 19.1 Å². The number of hydrogen-bond donors (Lipinski definition) is 1. The summed E-state index contributed by atoms with van der Waals surface area (Å²) in [6.45, 7) is 8.41. The SMILES string of the molecule is Cc1cc(-c2noc(CNC(C)(C)C)n2)ccc1F. The molecule has 0 aliphatic heterocycles. The van der Waals surface area contributed by atoms with Gasteiger partial charge in [0.2, 0.25) is 11.7 Å². The number of nitrogens with one attached hydrogen (secondary N) is 1. The van der Waals surface area contributed by atoms with Gasteiger partial charge < -0.3 is 9.84 Å². The summed E-state index contributed by atoms with van der Waals surface area (Å²) >= 11 is 0. The zero-order valence-electron chi connectivity index (χ0n) is 11.6. The number of nitrogens with zero attached hydrogens (tertiary/aromatic N) is 2. The van der Waals surface area contributed by atoms with Crippen LogP contribution >= 0.6 is 0 Å². The summed E-state index contributed by atoms with van der Waals surface area (Å²) in [5.74, 6) is 0.766. The number of halogens is 1. The van der Waals surface area contributed by atoms with Crippen molar-refractivity contribution in [2.75, 3.05) is 0 Å². The van der Waals surface area contributed by atoms with Gasteiger partial charge in [-0.2, -0.15) is 4.98 Å². The van der Waals surface area contributed by atoms with Crippen LogP contribution in [0.3, 0.4) is 0 Å². The van der Waals surface area contributed by atoms with E-state index in [1.165, 1.54) is 6.07 Å². The Morgan fingerprint density at radius 1 is 1.32 bits per heavy atom. The molecule has 0 bridgehead atoms. The predicted octanol–water partition coefficient (Wildman–Crippen LogP) is 3.07. The molecular weight excluding hydrogens is 245 g/mol. The van der Waals surface area contributed by atoms with Crippen LogP contribution in [0.25, 0.3) is 11.4 Å². The molecule has 0 saturated heterocycles. The van der Waals surface area contributed by atoms with Crippen molar-refractivity contribution in [1.29, 1.82) is 0 Å². The highest BCUT2D eigenvalue weighted by Gasteiger charge is 2.13. The highest BCUT2D eigenvalue weighted by Crippen LogP contribution is 2.19. The molecule has 1 heterocycles. The fraction of sp³-hybridized carbons (Fsp3) is 0.429. The summed E-state index contributed by atoms with van der Waals surface area (Å²) < 4.78 is 18.4. The smallest absolute Gasteiger partial charge is 0.240 e. The van der Waals surface area contributed by atoms with E-state index >= 15 is 0 Å². The lowest BCUT2D eigenvalue weighted by Gasteiger charge is -2.18. The molecule has 19 heavy (non-hydrogen) atoms. The molecule has 1 aromatic carbocycles. The van der Waals surface area contributed by atoms with Crippen molar-refractivity contribution < 1.29 is 8.91 Å². The minimum Gasteiger partial charge on any atom is -0.338 e. The van der Waals surface area contributed by atoms with Gasteiger partial charge in [-0.05, 0) is 51.5 Å². The average Bonchev–Trinajstić information content (AvgIpc) is 2.78. The maximum Gasteiger partial charge on any atom is 0.240 e. The molecule has 1 N–H and O–H groups in total. The third-order valence-corrected chi connectivity index (χ3v) is 2.65. The van der Waals surface area contributed by atoms with Crippen LogP contribution in [0.5, 0.6) is 0 Å². The van der Waals surface area contributed by atoms with Crippen LogP contribution in [0.15, 0.2) is 22.7 Å². The molecule has 2 rings (SSSR count). The van der Waals surface area contributed by atoms with Gasteiger partial charge in [-0.1, -0.05) is 5.16 Å². The van der Waals surface area contributed by atoms with E-state index in [2.05, 4.69) is 36.2 Å². The van der Waals surface area contributed by atoms with E-state index in [-0.39, 0.29) is 11.4 Å². The van der Waals surface area contributed by atoms with Crippen molar-refractivity contribution in [3.05, 3.63) is 35.5 Å². The van der Waals surface area contributed by atoms with Crippen molar-refractivity contribution >= 4 is 0 Å². The Bertz CT molecular complexity index is 572. The summed E-state index contributed by atoms with van der Waals surface area (Å²) in [4.78, 5) is 4.29. The Balaban J connectivity index is 2.14. The molecule has 0 radical (unpaired) electrons. The largest absolute Gasteiger partial charge is 0.338 e. The molecule has 0 spiro atoms. The van der Waals surface area contributed by atoms with Crippen LogP contribution in [0.2, 0.25) is 0 Å². The first-order valence-electron chi connectivity index (χ1n) is 6.19. The Morgan fingerprint density at radius 3 is 2.68 bits per heavy atom. The normalized spacial score (nSPS) is 11.8. The zero-order valence-corrected chi connectivity index (χ0v) is 11.6. The number of benzene rings is 1. The molecule has 0 aliphatic rings. The lowest BCUT2D eigenvalue weighted by Crippen LogP contribution is -2.35. The third-order valence-electron chi connectivity index (χ3n) is 2.65. The zero-order chi connectivity index (χ0) is 14.0. The Kier molecular flexibility index (Phi) is 3.66. The highest BCUT2D eigenvalue weighted by molar-refractivity contribution is 5.55. The maximum atomic E-state index is 13.2. The lowest BCUT2D eigenvalue weighted by atomic mass is 10.1. The van der Waals surface area contributed by atoms with Gasteiger partial charge in [-0.15, -0.1) is 0 Å². The molecule has 0 aliphatic carbocycles. The minimum atomic E-state index is -0.234.